The van der Waals surface area contributed by atoms with Gasteiger partial charge in [0.15, 0.2) is 5.16 Å². The number of hydrogen-bond donors (Lipinski definition) is 1. The molecule has 1 amide bonds. The van der Waals surface area contributed by atoms with Crippen LogP contribution >= 0.6 is 11.8 Å². The number of amides is 1. The number of carbonyl (C=O) groups excluding carboxylic acids is 1. The van der Waals surface area contributed by atoms with Gasteiger partial charge in [0.2, 0.25) is 5.91 Å². The fourth-order valence-electron chi connectivity index (χ4n) is 3.17. The van der Waals surface area contributed by atoms with E-state index in [1.807, 2.05) is 26.0 Å². The Balaban J connectivity index is 1.84. The van der Waals surface area contributed by atoms with Gasteiger partial charge in [-0.25, -0.2) is 4.98 Å². The lowest BCUT2D eigenvalue weighted by Gasteiger charge is -2.27. The Hall–Kier alpha value is -2.37. The molecule has 0 saturated carbocycles. The molecule has 0 spiro atoms. The van der Waals surface area contributed by atoms with Crippen LogP contribution in [-0.4, -0.2) is 39.5 Å². The normalized spacial score (nSPS) is 18.5. The zero-order chi connectivity index (χ0) is 21.0. The summed E-state index contributed by atoms with van der Waals surface area (Å²) in [5.74, 6) is -0.225. The summed E-state index contributed by atoms with van der Waals surface area (Å²) in [4.78, 5) is 30.2. The predicted molar refractivity (Wildman–Crippen MR) is 113 cm³/mol. The fraction of sp³-hybridized carbons (Fsp3) is 0.524. The van der Waals surface area contributed by atoms with Crippen LogP contribution in [0, 0.1) is 17.2 Å². The number of hydrogen-bond acceptors (Lipinski definition) is 6. The van der Waals surface area contributed by atoms with E-state index in [4.69, 9.17) is 4.74 Å². The highest BCUT2D eigenvalue weighted by Gasteiger charge is 2.30. The van der Waals surface area contributed by atoms with Crippen LogP contribution in [0.1, 0.15) is 33.6 Å². The van der Waals surface area contributed by atoms with E-state index in [0.29, 0.717) is 29.2 Å². The number of thioether (sulfide) groups is 1. The van der Waals surface area contributed by atoms with Crippen LogP contribution in [0.3, 0.4) is 0 Å². The third-order valence-electron chi connectivity index (χ3n) is 5.36. The molecule has 1 aromatic carbocycles. The molecular weight excluding hydrogens is 388 g/mol. The average molecular weight is 415 g/mol. The molecule has 1 N–H and O–H groups in total. The average Bonchev–Trinajstić information content (AvgIpc) is 3.22. The standard InChI is InChI=1S/C21H26N4O3S/c1-14(2)21(3,13-22)24-18(26)12-29-20-23-17-9-5-4-8-16(17)19(27)25(20)11-15-7-6-10-28-15/h4-5,8-9,14-15H,6-7,10-12H2,1-3H3,(H,24,26)/t15-,21+/m0/s1. The molecule has 1 fully saturated rings. The summed E-state index contributed by atoms with van der Waals surface area (Å²) in [5.41, 5.74) is -0.461. The van der Waals surface area contributed by atoms with E-state index in [2.05, 4.69) is 16.4 Å². The summed E-state index contributed by atoms with van der Waals surface area (Å²) in [6, 6.07) is 9.38. The maximum Gasteiger partial charge on any atom is 0.262 e. The van der Waals surface area contributed by atoms with E-state index in [-0.39, 0.29) is 29.2 Å². The van der Waals surface area contributed by atoms with Gasteiger partial charge in [-0.1, -0.05) is 37.7 Å². The maximum atomic E-state index is 13.1. The Kier molecular flexibility index (Phi) is 6.60. The Morgan fingerprint density at radius 2 is 2.24 bits per heavy atom. The van der Waals surface area contributed by atoms with Crippen molar-refractivity contribution in [2.24, 2.45) is 5.92 Å². The number of para-hydroxylation sites is 1. The highest BCUT2D eigenvalue weighted by atomic mass is 32.2. The molecule has 154 valence electrons. The highest BCUT2D eigenvalue weighted by molar-refractivity contribution is 7.99. The zero-order valence-corrected chi connectivity index (χ0v) is 17.8. The number of benzene rings is 1. The van der Waals surface area contributed by atoms with Crippen molar-refractivity contribution in [2.45, 2.75) is 57.0 Å². The fourth-order valence-corrected chi connectivity index (χ4v) is 3.98. The number of rotatable bonds is 7. The van der Waals surface area contributed by atoms with Crippen LogP contribution in [0.2, 0.25) is 0 Å². The summed E-state index contributed by atoms with van der Waals surface area (Å²) in [6.07, 6.45) is 1.86. The van der Waals surface area contributed by atoms with E-state index >= 15 is 0 Å². The lowest BCUT2D eigenvalue weighted by atomic mass is 9.90. The van der Waals surface area contributed by atoms with Crippen LogP contribution in [0.15, 0.2) is 34.2 Å². The van der Waals surface area contributed by atoms with Crippen molar-refractivity contribution in [1.29, 1.82) is 5.26 Å². The van der Waals surface area contributed by atoms with E-state index in [9.17, 15) is 14.9 Å². The van der Waals surface area contributed by atoms with E-state index < -0.39 is 5.54 Å². The second kappa shape index (κ2) is 8.97. The monoisotopic (exact) mass is 414 g/mol. The molecule has 0 unspecified atom stereocenters. The Labute approximate surface area is 174 Å². The van der Waals surface area contributed by atoms with Crippen LogP contribution < -0.4 is 10.9 Å². The molecule has 2 heterocycles. The topological polar surface area (TPSA) is 97.0 Å². The molecule has 1 aromatic heterocycles. The minimum atomic E-state index is -0.939. The summed E-state index contributed by atoms with van der Waals surface area (Å²) in [7, 11) is 0. The predicted octanol–water partition coefficient (Wildman–Crippen LogP) is 2.72. The number of nitrogens with one attached hydrogen (secondary N) is 1. The van der Waals surface area contributed by atoms with Crippen molar-refractivity contribution in [1.82, 2.24) is 14.9 Å². The first kappa shape index (κ1) is 21.3. The van der Waals surface area contributed by atoms with Gasteiger partial charge in [0.05, 0.1) is 35.4 Å². The molecule has 3 rings (SSSR count). The summed E-state index contributed by atoms with van der Waals surface area (Å²) in [5, 5.41) is 13.2. The summed E-state index contributed by atoms with van der Waals surface area (Å²) in [6.45, 7) is 6.61. The third kappa shape index (κ3) is 4.80. The van der Waals surface area contributed by atoms with Gasteiger partial charge in [-0.2, -0.15) is 5.26 Å². The van der Waals surface area contributed by atoms with Crippen molar-refractivity contribution < 1.29 is 9.53 Å². The molecule has 1 aliphatic heterocycles. The molecule has 7 nitrogen and oxygen atoms in total. The third-order valence-corrected chi connectivity index (χ3v) is 6.33. The smallest absolute Gasteiger partial charge is 0.262 e. The molecule has 0 radical (unpaired) electrons. The molecular formula is C21H26N4O3S. The van der Waals surface area contributed by atoms with Crippen LogP contribution in [0.4, 0.5) is 0 Å². The first-order chi connectivity index (χ1) is 13.8. The Bertz CT molecular complexity index is 992. The highest BCUT2D eigenvalue weighted by Crippen LogP contribution is 2.22. The number of carbonyl (C=O) groups is 1. The largest absolute Gasteiger partial charge is 0.376 e. The molecule has 1 saturated heterocycles. The number of aromatic nitrogens is 2. The summed E-state index contributed by atoms with van der Waals surface area (Å²) >= 11 is 1.21. The first-order valence-corrected chi connectivity index (χ1v) is 10.8. The van der Waals surface area contributed by atoms with Crippen LogP contribution in [0.5, 0.6) is 0 Å². The molecule has 0 bridgehead atoms. The molecule has 2 aromatic rings. The number of nitriles is 1. The zero-order valence-electron chi connectivity index (χ0n) is 17.0. The Morgan fingerprint density at radius 3 is 2.90 bits per heavy atom. The van der Waals surface area contributed by atoms with Crippen molar-refractivity contribution in [3.8, 4) is 6.07 Å². The second-order valence-electron chi connectivity index (χ2n) is 7.77. The molecule has 0 aliphatic carbocycles. The summed E-state index contributed by atoms with van der Waals surface area (Å²) < 4.78 is 7.31. The van der Waals surface area contributed by atoms with Crippen molar-refractivity contribution in [3.63, 3.8) is 0 Å². The van der Waals surface area contributed by atoms with Gasteiger partial charge < -0.3 is 10.1 Å². The van der Waals surface area contributed by atoms with Crippen LogP contribution in [0.25, 0.3) is 10.9 Å². The minimum Gasteiger partial charge on any atom is -0.376 e. The number of ether oxygens (including phenoxy) is 1. The first-order valence-electron chi connectivity index (χ1n) is 9.80. The van der Waals surface area contributed by atoms with Gasteiger partial charge >= 0.3 is 0 Å². The second-order valence-corrected chi connectivity index (χ2v) is 8.71. The van der Waals surface area contributed by atoms with E-state index in [1.54, 1.807) is 23.6 Å². The lowest BCUT2D eigenvalue weighted by molar-refractivity contribution is -0.120. The SMILES string of the molecule is CC(C)[C@@](C)(C#N)NC(=O)CSc1nc2ccccc2c(=O)n1C[C@@H]1CCCO1. The van der Waals surface area contributed by atoms with Gasteiger partial charge in [0.1, 0.15) is 5.54 Å². The molecule has 8 heteroatoms. The van der Waals surface area contributed by atoms with Crippen molar-refractivity contribution in [3.05, 3.63) is 34.6 Å². The maximum absolute atomic E-state index is 13.1. The molecule has 2 atom stereocenters. The minimum absolute atomic E-state index is 0.0216. The number of fused-ring (bicyclic) bond motifs is 1. The van der Waals surface area contributed by atoms with Crippen molar-refractivity contribution >= 4 is 28.6 Å². The van der Waals surface area contributed by atoms with E-state index in [1.165, 1.54) is 11.8 Å². The van der Waals surface area contributed by atoms with Gasteiger partial charge in [-0.3, -0.25) is 14.2 Å². The van der Waals surface area contributed by atoms with E-state index in [0.717, 1.165) is 12.8 Å². The Morgan fingerprint density at radius 1 is 1.48 bits per heavy atom. The van der Waals surface area contributed by atoms with Crippen molar-refractivity contribution in [2.75, 3.05) is 12.4 Å². The number of nitrogens with zero attached hydrogens (tertiary/aromatic N) is 3. The quantitative estimate of drug-likeness (QED) is 0.553. The van der Waals surface area contributed by atoms with Gasteiger partial charge in [-0.05, 0) is 37.8 Å². The van der Waals surface area contributed by atoms with Gasteiger partial charge in [0, 0.05) is 6.61 Å². The van der Waals surface area contributed by atoms with Gasteiger partial charge in [0.25, 0.3) is 5.56 Å². The lowest BCUT2D eigenvalue weighted by Crippen LogP contribution is -2.49. The molecule has 29 heavy (non-hydrogen) atoms. The molecule has 1 aliphatic rings. The van der Waals surface area contributed by atoms with Gasteiger partial charge in [-0.15, -0.1) is 0 Å². The van der Waals surface area contributed by atoms with Crippen LogP contribution in [-0.2, 0) is 16.1 Å².